The van der Waals surface area contributed by atoms with Gasteiger partial charge in [0.15, 0.2) is 8.32 Å². The van der Waals surface area contributed by atoms with Crippen LogP contribution in [-0.2, 0) is 19.3 Å². The van der Waals surface area contributed by atoms with Gasteiger partial charge < -0.3 is 29.3 Å². The van der Waals surface area contributed by atoms with E-state index in [-0.39, 0.29) is 17.1 Å². The fraction of sp³-hybridized carbons (Fsp3) is 0.541. The highest BCUT2D eigenvalue weighted by Crippen LogP contribution is 2.47. The van der Waals surface area contributed by atoms with E-state index in [1.165, 1.54) is 0 Å². The molecule has 2 aromatic heterocycles. The first kappa shape index (κ1) is 39.8. The number of benzene rings is 1. The average molecular weight is 738 g/mol. The van der Waals surface area contributed by atoms with Crippen LogP contribution in [0.1, 0.15) is 73.4 Å². The smallest absolute Gasteiger partial charge is 0.414 e. The third-order valence-corrected chi connectivity index (χ3v) is 13.7. The number of rotatable bonds is 12. The lowest BCUT2D eigenvalue weighted by Crippen LogP contribution is -2.46. The van der Waals surface area contributed by atoms with Gasteiger partial charge in [-0.25, -0.2) is 14.8 Å². The van der Waals surface area contributed by atoms with Crippen LogP contribution in [0.5, 0.6) is 5.88 Å². The molecule has 1 amide bonds. The van der Waals surface area contributed by atoms with Crippen LogP contribution in [0.25, 0.3) is 11.3 Å². The fourth-order valence-corrected chi connectivity index (χ4v) is 6.58. The minimum absolute atomic E-state index is 0.0136. The first-order valence-corrected chi connectivity index (χ1v) is 20.4. The van der Waals surface area contributed by atoms with Crippen molar-refractivity contribution in [3.8, 4) is 23.2 Å². The Labute approximate surface area is 308 Å². The van der Waals surface area contributed by atoms with E-state index in [1.54, 1.807) is 36.4 Å². The molecule has 1 unspecified atom stereocenters. The first-order chi connectivity index (χ1) is 23.7. The summed E-state index contributed by atoms with van der Waals surface area (Å²) in [7, 11) is -0.545. The number of nitrogens with one attached hydrogen (secondary N) is 2. The fourth-order valence-electron chi connectivity index (χ4n) is 5.25. The van der Waals surface area contributed by atoms with Gasteiger partial charge in [0.05, 0.1) is 34.7 Å². The van der Waals surface area contributed by atoms with Crippen LogP contribution in [0.15, 0.2) is 30.5 Å². The lowest BCUT2D eigenvalue weighted by Gasteiger charge is -2.39. The number of nitrogens with zero attached hydrogens (tertiary/aromatic N) is 5. The normalized spacial score (nSPS) is 16.1. The Kier molecular flexibility index (Phi) is 12.0. The summed E-state index contributed by atoms with van der Waals surface area (Å²) in [5.74, 6) is 1.07. The lowest BCUT2D eigenvalue weighted by atomic mass is 9.83. The van der Waals surface area contributed by atoms with Crippen molar-refractivity contribution in [3.05, 3.63) is 46.6 Å². The predicted molar refractivity (Wildman–Crippen MR) is 205 cm³/mol. The number of carbonyl (C=O) groups excluding carboxylic acids is 1. The molecule has 0 aliphatic carbocycles. The zero-order chi connectivity index (χ0) is 37.9. The number of nitriles is 1. The lowest BCUT2D eigenvalue weighted by molar-refractivity contribution is 0.0575. The second kappa shape index (κ2) is 15.3. The van der Waals surface area contributed by atoms with Gasteiger partial charge in [0.25, 0.3) is 0 Å². The number of halogens is 1. The summed E-state index contributed by atoms with van der Waals surface area (Å²) in [4.78, 5) is 29.1. The van der Waals surface area contributed by atoms with Crippen LogP contribution in [-0.4, -0.2) is 74.5 Å². The second-order valence-corrected chi connectivity index (χ2v) is 21.1. The van der Waals surface area contributed by atoms with E-state index in [4.69, 9.17) is 35.2 Å². The van der Waals surface area contributed by atoms with E-state index in [9.17, 15) is 10.1 Å². The molecule has 0 saturated carbocycles. The van der Waals surface area contributed by atoms with Crippen molar-refractivity contribution in [2.24, 2.45) is 0 Å². The van der Waals surface area contributed by atoms with Crippen LogP contribution >= 0.6 is 11.6 Å². The van der Waals surface area contributed by atoms with Gasteiger partial charge in [0, 0.05) is 44.0 Å². The highest BCUT2D eigenvalue weighted by molar-refractivity contribution is 6.74. The molecule has 276 valence electrons. The van der Waals surface area contributed by atoms with Crippen molar-refractivity contribution in [2.75, 3.05) is 48.9 Å². The summed E-state index contributed by atoms with van der Waals surface area (Å²) < 4.78 is 23.7. The van der Waals surface area contributed by atoms with Gasteiger partial charge in [0.1, 0.15) is 23.2 Å². The minimum Gasteiger partial charge on any atom is -0.473 e. The Morgan fingerprint density at radius 2 is 1.86 bits per heavy atom. The number of aromatic nitrogens is 3. The Hall–Kier alpha value is -3.96. The van der Waals surface area contributed by atoms with E-state index < -0.39 is 25.4 Å². The van der Waals surface area contributed by atoms with Crippen molar-refractivity contribution < 1.29 is 23.4 Å². The highest BCUT2D eigenvalue weighted by atomic mass is 35.5. The van der Waals surface area contributed by atoms with Gasteiger partial charge in [-0.15, -0.1) is 0 Å². The van der Waals surface area contributed by atoms with Gasteiger partial charge in [-0.05, 0) is 82.6 Å². The summed E-state index contributed by atoms with van der Waals surface area (Å²) >= 11 is 6.59. The summed E-state index contributed by atoms with van der Waals surface area (Å²) in [6, 6.07) is 9.56. The molecule has 14 heteroatoms. The summed E-state index contributed by atoms with van der Waals surface area (Å²) in [5.41, 5.74) is 2.06. The molecule has 1 aliphatic heterocycles. The molecule has 1 aliphatic rings. The standard InChI is InChI=1S/C37H52ClN7O5Si/c1-23(2)49-32-29(19-27(38)31(44-32)40-15-16-47-10)43-33-41-14-13-28(42-33)24-17-25(20-39)30-26(18-24)37(9,22-48-51(11,12)36(6,7)8)21-45(30)34(46)50-35(3,4)5/h13-14,17-19,23H,15-16,21-22H2,1-12H3,(H,40,44)(H,41,42,43). The van der Waals surface area contributed by atoms with Crippen LogP contribution in [0.2, 0.25) is 23.2 Å². The van der Waals surface area contributed by atoms with Crippen molar-refractivity contribution >= 4 is 49.2 Å². The molecule has 1 aromatic carbocycles. The number of hydrogen-bond donors (Lipinski definition) is 2. The maximum atomic E-state index is 13.6. The summed E-state index contributed by atoms with van der Waals surface area (Å²) in [5, 5.41) is 17.2. The average Bonchev–Trinajstić information content (AvgIpc) is 3.33. The molecule has 1 atom stereocenters. The molecule has 3 heterocycles. The van der Waals surface area contributed by atoms with Gasteiger partial charge in [-0.1, -0.05) is 39.3 Å². The van der Waals surface area contributed by atoms with Gasteiger partial charge in [-0.2, -0.15) is 10.2 Å². The number of hydrogen-bond acceptors (Lipinski definition) is 11. The minimum atomic E-state index is -2.17. The predicted octanol–water partition coefficient (Wildman–Crippen LogP) is 8.69. The number of carbonyl (C=O) groups is 1. The molecule has 12 nitrogen and oxygen atoms in total. The SMILES string of the molecule is COCCNc1nc(OC(C)C)c(Nc2nccc(-c3cc(C#N)c4c(c3)C(C)(CO[Si](C)(C)C(C)(C)C)CN4C(=O)OC(C)(C)C)n2)cc1Cl. The number of anilines is 4. The van der Waals surface area contributed by atoms with Gasteiger partial charge in [0.2, 0.25) is 11.8 Å². The number of methoxy groups -OCH3 is 1. The highest BCUT2D eigenvalue weighted by Gasteiger charge is 2.47. The Bertz CT molecular complexity index is 1780. The number of ether oxygens (including phenoxy) is 3. The molecule has 0 spiro atoms. The molecular weight excluding hydrogens is 686 g/mol. The van der Waals surface area contributed by atoms with Crippen molar-refractivity contribution in [1.29, 1.82) is 5.26 Å². The van der Waals surface area contributed by atoms with Crippen molar-refractivity contribution in [1.82, 2.24) is 15.0 Å². The third kappa shape index (κ3) is 9.48. The van der Waals surface area contributed by atoms with Crippen LogP contribution < -0.4 is 20.3 Å². The molecule has 3 aromatic rings. The van der Waals surface area contributed by atoms with Crippen LogP contribution in [0, 0.1) is 11.3 Å². The monoisotopic (exact) mass is 737 g/mol. The van der Waals surface area contributed by atoms with Gasteiger partial charge in [-0.3, -0.25) is 4.90 Å². The first-order valence-electron chi connectivity index (χ1n) is 17.1. The van der Waals surface area contributed by atoms with Gasteiger partial charge >= 0.3 is 6.09 Å². The molecule has 4 rings (SSSR count). The number of fused-ring (bicyclic) bond motifs is 1. The summed E-state index contributed by atoms with van der Waals surface area (Å²) in [6.07, 6.45) is 0.962. The van der Waals surface area contributed by atoms with Crippen LogP contribution in [0.4, 0.5) is 27.9 Å². The van der Waals surface area contributed by atoms with E-state index in [0.29, 0.717) is 71.2 Å². The number of amides is 1. The van der Waals surface area contributed by atoms with E-state index >= 15 is 0 Å². The zero-order valence-electron chi connectivity index (χ0n) is 31.9. The maximum absolute atomic E-state index is 13.6. The van der Waals surface area contributed by atoms with E-state index in [2.05, 4.69) is 67.5 Å². The Morgan fingerprint density at radius 3 is 2.47 bits per heavy atom. The molecule has 0 fully saturated rings. The summed E-state index contributed by atoms with van der Waals surface area (Å²) in [6.45, 7) is 24.0. The molecular formula is C37H52ClN7O5Si. The maximum Gasteiger partial charge on any atom is 0.414 e. The Balaban J connectivity index is 1.77. The number of pyridine rings is 1. The van der Waals surface area contributed by atoms with Crippen molar-refractivity contribution in [3.63, 3.8) is 0 Å². The van der Waals surface area contributed by atoms with E-state index in [0.717, 1.165) is 5.56 Å². The van der Waals surface area contributed by atoms with Crippen molar-refractivity contribution in [2.45, 2.75) is 97.6 Å². The molecule has 2 N–H and O–H groups in total. The molecule has 51 heavy (non-hydrogen) atoms. The largest absolute Gasteiger partial charge is 0.473 e. The zero-order valence-corrected chi connectivity index (χ0v) is 33.7. The topological polar surface area (TPSA) is 144 Å². The third-order valence-electron chi connectivity index (χ3n) is 8.91. The Morgan fingerprint density at radius 1 is 1.16 bits per heavy atom. The second-order valence-electron chi connectivity index (χ2n) is 15.9. The molecule has 0 radical (unpaired) electrons. The van der Waals surface area contributed by atoms with Crippen LogP contribution in [0.3, 0.4) is 0 Å². The quantitative estimate of drug-likeness (QED) is 0.136. The molecule has 0 saturated heterocycles. The molecule has 0 bridgehead atoms. The van der Waals surface area contributed by atoms with E-state index in [1.807, 2.05) is 40.7 Å².